The number of nitrogens with one attached hydrogen (secondary N) is 2. The zero-order valence-electron chi connectivity index (χ0n) is 35.2. The fourth-order valence-corrected chi connectivity index (χ4v) is 7.91. The first-order valence-corrected chi connectivity index (χ1v) is 21.2. The number of phenols is 1. The number of aliphatic carboxylic acids is 1. The third-order valence-corrected chi connectivity index (χ3v) is 11.7. The Morgan fingerprint density at radius 1 is 1.02 bits per heavy atom. The number of ether oxygens (including phenoxy) is 2. The molecule has 2 aromatic rings. The van der Waals surface area contributed by atoms with Crippen LogP contribution in [0.1, 0.15) is 127 Å². The van der Waals surface area contributed by atoms with Gasteiger partial charge in [-0.2, -0.15) is 0 Å². The van der Waals surface area contributed by atoms with Crippen LogP contribution < -0.4 is 10.6 Å². The number of aromatic nitrogens is 1. The van der Waals surface area contributed by atoms with Crippen molar-refractivity contribution in [1.82, 2.24) is 25.4 Å². The van der Waals surface area contributed by atoms with E-state index < -0.39 is 59.9 Å². The van der Waals surface area contributed by atoms with Crippen LogP contribution in [0.15, 0.2) is 29.6 Å². The van der Waals surface area contributed by atoms with Crippen molar-refractivity contribution >= 4 is 47.0 Å². The zero-order chi connectivity index (χ0) is 43.1. The summed E-state index contributed by atoms with van der Waals surface area (Å²) >= 11 is 1.10. The molecular weight excluding hydrogens is 767 g/mol. The summed E-state index contributed by atoms with van der Waals surface area (Å²) in [4.78, 5) is 87.0. The largest absolute Gasteiger partial charge is 0.508 e. The Morgan fingerprint density at radius 2 is 1.71 bits per heavy atom. The fourth-order valence-electron chi connectivity index (χ4n) is 7.07. The number of hydrogen-bond acceptors (Lipinski definition) is 12. The maximum Gasteiger partial charge on any atom is 0.307 e. The van der Waals surface area contributed by atoms with Crippen molar-refractivity contribution in [2.24, 2.45) is 17.8 Å². The van der Waals surface area contributed by atoms with Crippen molar-refractivity contribution in [2.75, 3.05) is 20.3 Å². The van der Waals surface area contributed by atoms with Crippen LogP contribution in [0.2, 0.25) is 0 Å². The molecule has 0 spiro atoms. The van der Waals surface area contributed by atoms with Crippen molar-refractivity contribution < 1.29 is 48.5 Å². The van der Waals surface area contributed by atoms with E-state index in [0.29, 0.717) is 30.7 Å². The highest BCUT2D eigenvalue weighted by Gasteiger charge is 2.39. The van der Waals surface area contributed by atoms with Gasteiger partial charge >= 0.3 is 17.9 Å². The van der Waals surface area contributed by atoms with Gasteiger partial charge in [-0.25, -0.2) is 4.98 Å². The number of carboxylic acids is 1. The molecule has 2 heterocycles. The second kappa shape index (κ2) is 23.1. The van der Waals surface area contributed by atoms with Crippen molar-refractivity contribution in [3.8, 4) is 5.75 Å². The lowest BCUT2D eigenvalue weighted by molar-refractivity contribution is -0.160. The molecule has 1 aliphatic rings. The van der Waals surface area contributed by atoms with Crippen LogP contribution in [0.3, 0.4) is 0 Å². The molecule has 58 heavy (non-hydrogen) atoms. The van der Waals surface area contributed by atoms with Crippen molar-refractivity contribution in [3.63, 3.8) is 0 Å². The van der Waals surface area contributed by atoms with E-state index in [1.807, 2.05) is 46.6 Å². The van der Waals surface area contributed by atoms with Crippen molar-refractivity contribution in [2.45, 2.75) is 137 Å². The van der Waals surface area contributed by atoms with E-state index in [1.165, 1.54) is 29.3 Å². The predicted molar refractivity (Wildman–Crippen MR) is 219 cm³/mol. The van der Waals surface area contributed by atoms with Gasteiger partial charge in [0.1, 0.15) is 22.5 Å². The molecule has 322 valence electrons. The van der Waals surface area contributed by atoms with Gasteiger partial charge in [0.15, 0.2) is 12.8 Å². The molecule has 1 saturated heterocycles. The maximum absolute atomic E-state index is 14.7. The summed E-state index contributed by atoms with van der Waals surface area (Å²) in [6.45, 7) is 12.7. The number of amides is 3. The molecule has 0 aliphatic carbocycles. The number of esters is 2. The Bertz CT molecular complexity index is 1680. The summed E-state index contributed by atoms with van der Waals surface area (Å²) in [5.74, 6) is -4.54. The zero-order valence-corrected chi connectivity index (χ0v) is 36.0. The molecule has 15 nitrogen and oxygen atoms in total. The van der Waals surface area contributed by atoms with Gasteiger partial charge in [0.05, 0.1) is 12.0 Å². The Kier molecular flexibility index (Phi) is 19.1. The number of likely N-dealkylation sites (N-methyl/N-ethyl adjacent to an activating group) is 1. The third kappa shape index (κ3) is 14.4. The highest BCUT2D eigenvalue weighted by molar-refractivity contribution is 7.09. The van der Waals surface area contributed by atoms with Crippen LogP contribution in [-0.4, -0.2) is 105 Å². The van der Waals surface area contributed by atoms with Crippen LogP contribution in [0.25, 0.3) is 0 Å². The minimum Gasteiger partial charge on any atom is -0.508 e. The highest BCUT2D eigenvalue weighted by Crippen LogP contribution is 2.32. The monoisotopic (exact) mass is 829 g/mol. The van der Waals surface area contributed by atoms with Gasteiger partial charge in [0, 0.05) is 37.2 Å². The number of hydrogen-bond donors (Lipinski definition) is 4. The first-order chi connectivity index (χ1) is 27.4. The molecule has 4 N–H and O–H groups in total. The summed E-state index contributed by atoms with van der Waals surface area (Å²) in [7, 11) is 1.90. The van der Waals surface area contributed by atoms with Crippen LogP contribution in [0.5, 0.6) is 5.75 Å². The van der Waals surface area contributed by atoms with Crippen molar-refractivity contribution in [3.05, 3.63) is 45.9 Å². The molecule has 0 saturated carbocycles. The minimum absolute atomic E-state index is 0.0330. The Morgan fingerprint density at radius 3 is 2.29 bits per heavy atom. The highest BCUT2D eigenvalue weighted by atomic mass is 32.1. The molecule has 16 heteroatoms. The summed E-state index contributed by atoms with van der Waals surface area (Å²) < 4.78 is 11.5. The number of piperidine rings is 1. The van der Waals surface area contributed by atoms with Crippen LogP contribution in [-0.2, 0) is 39.9 Å². The lowest BCUT2D eigenvalue weighted by atomic mass is 9.92. The third-order valence-electron chi connectivity index (χ3n) is 10.7. The normalized spacial score (nSPS) is 17.6. The minimum atomic E-state index is -1.01. The summed E-state index contributed by atoms with van der Waals surface area (Å²) in [6, 6.07) is 3.85. The topological polar surface area (TPSA) is 205 Å². The summed E-state index contributed by atoms with van der Waals surface area (Å²) in [5, 5.41) is 27.1. The molecule has 1 aromatic heterocycles. The van der Waals surface area contributed by atoms with E-state index in [2.05, 4.69) is 15.6 Å². The van der Waals surface area contributed by atoms with Crippen LogP contribution >= 0.6 is 11.3 Å². The number of benzene rings is 1. The molecule has 0 bridgehead atoms. The molecule has 3 amide bonds. The number of carbonyl (C=O) groups excluding carboxylic acids is 5. The van der Waals surface area contributed by atoms with E-state index in [0.717, 1.165) is 36.3 Å². The van der Waals surface area contributed by atoms with Gasteiger partial charge in [0.2, 0.25) is 11.8 Å². The van der Waals surface area contributed by atoms with E-state index in [-0.39, 0.29) is 61.2 Å². The van der Waals surface area contributed by atoms with Crippen LogP contribution in [0.4, 0.5) is 0 Å². The molecule has 1 fully saturated rings. The number of likely N-dealkylation sites (tertiary alicyclic amines) is 1. The molecule has 0 radical (unpaired) electrons. The van der Waals surface area contributed by atoms with Crippen molar-refractivity contribution in [1.29, 1.82) is 0 Å². The lowest BCUT2D eigenvalue weighted by Crippen LogP contribution is -2.59. The number of thiazole rings is 1. The molecule has 3 unspecified atom stereocenters. The average Bonchev–Trinajstić information content (AvgIpc) is 3.67. The molecule has 1 aliphatic heterocycles. The van der Waals surface area contributed by atoms with Gasteiger partial charge in [-0.1, -0.05) is 66.5 Å². The predicted octanol–water partition coefficient (Wildman–Crippen LogP) is 5.46. The number of phenolic OH excluding ortho intramolecular Hbond substituents is 1. The van der Waals surface area contributed by atoms with Gasteiger partial charge in [-0.3, -0.25) is 33.7 Å². The van der Waals surface area contributed by atoms with Gasteiger partial charge in [-0.05, 0) is 75.2 Å². The average molecular weight is 830 g/mol. The number of carbonyl (C=O) groups is 6. The van der Waals surface area contributed by atoms with Gasteiger partial charge in [-0.15, -0.1) is 11.3 Å². The van der Waals surface area contributed by atoms with Gasteiger partial charge in [0.25, 0.3) is 5.91 Å². The number of aromatic hydroxyl groups is 1. The Labute approximate surface area is 346 Å². The molecule has 7 atom stereocenters. The van der Waals surface area contributed by atoms with E-state index in [1.54, 1.807) is 19.1 Å². The van der Waals surface area contributed by atoms with E-state index in [9.17, 15) is 39.0 Å². The smallest absolute Gasteiger partial charge is 0.307 e. The summed E-state index contributed by atoms with van der Waals surface area (Å²) in [6.07, 6.45) is 3.31. The lowest BCUT2D eigenvalue weighted by Gasteiger charge is -2.39. The standard InChI is InChI=1S/C42H63N5O10S/c1-9-13-36(50)56-24-47(41(53)37(26(5)10-2)45-39(52)33-14-11-12-19-46(33)8)34(25(3)4)22-35(57-28(7)48)40-44-32(23-58-40)38(51)43-30(20-27(6)42(54)55)21-29-15-17-31(49)18-16-29/h15-18,23,25-27,30,33-35,37,49H,9-14,19-22,24H2,1-8H3,(H,43,51)(H,45,52)(H,54,55)/t26-,27?,30?,33+,34?,35+,37-/m0/s1. The first-order valence-electron chi connectivity index (χ1n) is 20.4. The van der Waals surface area contributed by atoms with E-state index >= 15 is 0 Å². The van der Waals surface area contributed by atoms with Crippen LogP contribution in [0, 0.1) is 17.8 Å². The number of nitrogens with zero attached hydrogens (tertiary/aromatic N) is 3. The van der Waals surface area contributed by atoms with Gasteiger partial charge < -0.3 is 35.2 Å². The SMILES string of the molecule is CCCC(=O)OCN(C(=O)[C@@H](NC(=O)[C@H]1CCCCN1C)[C@@H](C)CC)C(C[C@@H](OC(C)=O)c1nc(C(=O)NC(Cc2ccc(O)cc2)CC(C)C(=O)O)cs1)C(C)C. The maximum atomic E-state index is 14.7. The second-order valence-electron chi connectivity index (χ2n) is 15.8. The molecule has 1 aromatic carbocycles. The number of carboxylic acid groups (broad SMARTS) is 1. The Balaban J connectivity index is 1.95. The second-order valence-corrected chi connectivity index (χ2v) is 16.7. The quantitative estimate of drug-likeness (QED) is 0.0863. The van der Waals surface area contributed by atoms with E-state index in [4.69, 9.17) is 9.47 Å². The molecule has 3 rings (SSSR count). The Hall–Kier alpha value is -4.57. The fraction of sp³-hybridized carbons (Fsp3) is 0.643. The summed E-state index contributed by atoms with van der Waals surface area (Å²) in [5.41, 5.74) is 0.816. The molecular formula is C42H63N5O10S. The number of rotatable bonds is 22. The first kappa shape index (κ1) is 47.8.